The van der Waals surface area contributed by atoms with E-state index in [0.717, 1.165) is 10.1 Å². The maximum atomic E-state index is 13.2. The molecule has 0 radical (unpaired) electrons. The second-order valence-electron chi connectivity index (χ2n) is 6.52. The van der Waals surface area contributed by atoms with Gasteiger partial charge < -0.3 is 9.73 Å². The van der Waals surface area contributed by atoms with Gasteiger partial charge in [0.15, 0.2) is 0 Å². The molecule has 1 amide bonds. The number of para-hydroxylation sites is 1. The number of likely N-dealkylation sites (N-methyl/N-ethyl adjacent to an activating group) is 1. The molecule has 0 saturated heterocycles. The lowest BCUT2D eigenvalue weighted by Gasteiger charge is -2.12. The van der Waals surface area contributed by atoms with Gasteiger partial charge in [-0.05, 0) is 29.8 Å². The first kappa shape index (κ1) is 18.3. The van der Waals surface area contributed by atoms with Crippen LogP contribution in [0.25, 0.3) is 22.1 Å². The summed E-state index contributed by atoms with van der Waals surface area (Å²) >= 11 is 0. The predicted molar refractivity (Wildman–Crippen MR) is 107 cm³/mol. The Labute approximate surface area is 164 Å². The van der Waals surface area contributed by atoms with Crippen molar-refractivity contribution < 1.29 is 9.21 Å². The molecule has 4 aromatic rings. The molecule has 8 nitrogen and oxygen atoms in total. The summed E-state index contributed by atoms with van der Waals surface area (Å²) in [7, 11) is 1.43. The zero-order chi connectivity index (χ0) is 20.5. The largest absolute Gasteiger partial charge is 0.449 e. The van der Waals surface area contributed by atoms with E-state index in [2.05, 4.69) is 11.4 Å². The molecule has 0 spiro atoms. The SMILES string of the molecule is CNC(=O)Cn1c(=O)c2oc3ccccc3c2n(Cc2ccc(C#N)cc2)c1=O. The number of furan rings is 1. The third-order valence-electron chi connectivity index (χ3n) is 4.74. The third kappa shape index (κ3) is 3.08. The van der Waals surface area contributed by atoms with E-state index < -0.39 is 23.7 Å². The smallest absolute Gasteiger partial charge is 0.332 e. The van der Waals surface area contributed by atoms with Crippen LogP contribution in [0.15, 0.2) is 62.5 Å². The Balaban J connectivity index is 2.01. The van der Waals surface area contributed by atoms with Gasteiger partial charge in [0, 0.05) is 12.4 Å². The maximum absolute atomic E-state index is 13.2. The number of nitriles is 1. The summed E-state index contributed by atoms with van der Waals surface area (Å²) in [6.07, 6.45) is 0. The van der Waals surface area contributed by atoms with Crippen molar-refractivity contribution in [3.05, 3.63) is 80.5 Å². The highest BCUT2D eigenvalue weighted by Gasteiger charge is 2.21. The number of amides is 1. The Morgan fingerprint density at radius 1 is 1.10 bits per heavy atom. The number of carbonyl (C=O) groups excluding carboxylic acids is 1. The Morgan fingerprint density at radius 3 is 2.52 bits per heavy atom. The van der Waals surface area contributed by atoms with Crippen molar-refractivity contribution in [3.8, 4) is 6.07 Å². The van der Waals surface area contributed by atoms with Gasteiger partial charge in [0.1, 0.15) is 17.6 Å². The third-order valence-corrected chi connectivity index (χ3v) is 4.74. The fourth-order valence-corrected chi connectivity index (χ4v) is 3.27. The summed E-state index contributed by atoms with van der Waals surface area (Å²) < 4.78 is 8.03. The quantitative estimate of drug-likeness (QED) is 0.571. The van der Waals surface area contributed by atoms with Crippen LogP contribution in [0.4, 0.5) is 0 Å². The van der Waals surface area contributed by atoms with Gasteiger partial charge in [-0.3, -0.25) is 14.2 Å². The zero-order valence-corrected chi connectivity index (χ0v) is 15.5. The van der Waals surface area contributed by atoms with E-state index in [9.17, 15) is 14.4 Å². The first-order valence-corrected chi connectivity index (χ1v) is 8.88. The molecule has 2 aromatic carbocycles. The highest BCUT2D eigenvalue weighted by atomic mass is 16.3. The molecule has 144 valence electrons. The summed E-state index contributed by atoms with van der Waals surface area (Å²) in [5, 5.41) is 12.0. The fourth-order valence-electron chi connectivity index (χ4n) is 3.27. The highest BCUT2D eigenvalue weighted by Crippen LogP contribution is 2.26. The van der Waals surface area contributed by atoms with Crippen molar-refractivity contribution in [2.24, 2.45) is 0 Å². The van der Waals surface area contributed by atoms with Crippen LogP contribution in [0.3, 0.4) is 0 Å². The summed E-state index contributed by atoms with van der Waals surface area (Å²) in [6.45, 7) is -0.257. The lowest BCUT2D eigenvalue weighted by Crippen LogP contribution is -2.43. The second-order valence-corrected chi connectivity index (χ2v) is 6.52. The van der Waals surface area contributed by atoms with Crippen LogP contribution in [0.2, 0.25) is 0 Å². The van der Waals surface area contributed by atoms with Crippen LogP contribution in [0.5, 0.6) is 0 Å². The molecule has 0 unspecified atom stereocenters. The Kier molecular flexibility index (Phi) is 4.49. The van der Waals surface area contributed by atoms with E-state index in [0.29, 0.717) is 22.0 Å². The maximum Gasteiger partial charge on any atom is 0.332 e. The molecule has 8 heteroatoms. The molecule has 0 aliphatic rings. The molecule has 0 saturated carbocycles. The number of benzene rings is 2. The predicted octanol–water partition coefficient (Wildman–Crippen LogP) is 1.58. The molecule has 4 rings (SSSR count). The van der Waals surface area contributed by atoms with Crippen LogP contribution in [0.1, 0.15) is 11.1 Å². The highest BCUT2D eigenvalue weighted by molar-refractivity contribution is 6.02. The van der Waals surface area contributed by atoms with E-state index in [1.807, 2.05) is 0 Å². The number of aromatic nitrogens is 2. The topological polar surface area (TPSA) is 110 Å². The summed E-state index contributed by atoms with van der Waals surface area (Å²) in [4.78, 5) is 37.9. The van der Waals surface area contributed by atoms with Crippen LogP contribution < -0.4 is 16.6 Å². The normalized spacial score (nSPS) is 10.9. The Bertz CT molecular complexity index is 1400. The average molecular weight is 388 g/mol. The van der Waals surface area contributed by atoms with Gasteiger partial charge in [0.25, 0.3) is 5.56 Å². The number of nitrogens with one attached hydrogen (secondary N) is 1. The van der Waals surface area contributed by atoms with E-state index in [-0.39, 0.29) is 12.1 Å². The van der Waals surface area contributed by atoms with E-state index in [1.165, 1.54) is 11.6 Å². The van der Waals surface area contributed by atoms with Gasteiger partial charge in [-0.1, -0.05) is 24.3 Å². The lowest BCUT2D eigenvalue weighted by molar-refractivity contribution is -0.121. The standard InChI is InChI=1S/C21H16N4O4/c1-23-17(26)12-25-20(27)19-18(15-4-2-3-5-16(15)29-19)24(21(25)28)11-14-8-6-13(10-22)7-9-14/h2-9H,11-12H2,1H3,(H,23,26). The van der Waals surface area contributed by atoms with Crippen molar-refractivity contribution in [2.45, 2.75) is 13.1 Å². The van der Waals surface area contributed by atoms with Crippen LogP contribution in [0, 0.1) is 11.3 Å². The molecule has 1 N–H and O–H groups in total. The summed E-state index contributed by atoms with van der Waals surface area (Å²) in [5.74, 6) is -0.468. The van der Waals surface area contributed by atoms with Crippen molar-refractivity contribution in [2.75, 3.05) is 7.05 Å². The Morgan fingerprint density at radius 2 is 1.83 bits per heavy atom. The van der Waals surface area contributed by atoms with Crippen molar-refractivity contribution >= 4 is 28.0 Å². The number of fused-ring (bicyclic) bond motifs is 3. The van der Waals surface area contributed by atoms with Gasteiger partial charge in [0.2, 0.25) is 11.5 Å². The fraction of sp³-hybridized carbons (Fsp3) is 0.143. The lowest BCUT2D eigenvalue weighted by atomic mass is 10.1. The van der Waals surface area contributed by atoms with Gasteiger partial charge in [-0.15, -0.1) is 0 Å². The first-order valence-electron chi connectivity index (χ1n) is 8.88. The van der Waals surface area contributed by atoms with Gasteiger partial charge >= 0.3 is 5.69 Å². The average Bonchev–Trinajstić information content (AvgIpc) is 3.14. The molecular weight excluding hydrogens is 372 g/mol. The monoisotopic (exact) mass is 388 g/mol. The van der Waals surface area contributed by atoms with Crippen LogP contribution in [-0.4, -0.2) is 22.1 Å². The molecule has 0 bridgehead atoms. The van der Waals surface area contributed by atoms with Gasteiger partial charge in [-0.25, -0.2) is 9.36 Å². The minimum absolute atomic E-state index is 0.0170. The van der Waals surface area contributed by atoms with Crippen molar-refractivity contribution in [1.82, 2.24) is 14.5 Å². The van der Waals surface area contributed by atoms with E-state index >= 15 is 0 Å². The summed E-state index contributed by atoms with van der Waals surface area (Å²) in [6, 6.07) is 15.9. The first-order chi connectivity index (χ1) is 14.0. The molecule has 2 aromatic heterocycles. The molecule has 0 aliphatic heterocycles. The summed E-state index contributed by atoms with van der Waals surface area (Å²) in [5.41, 5.74) is 0.886. The second kappa shape index (κ2) is 7.13. The molecule has 0 atom stereocenters. The number of rotatable bonds is 4. The van der Waals surface area contributed by atoms with Crippen molar-refractivity contribution in [1.29, 1.82) is 5.26 Å². The molecular formula is C21H16N4O4. The minimum atomic E-state index is -0.652. The number of carbonyl (C=O) groups is 1. The Hall–Kier alpha value is -4.12. The van der Waals surface area contributed by atoms with Crippen LogP contribution >= 0.6 is 0 Å². The number of hydrogen-bond acceptors (Lipinski definition) is 5. The minimum Gasteiger partial charge on any atom is -0.449 e. The zero-order valence-electron chi connectivity index (χ0n) is 15.5. The van der Waals surface area contributed by atoms with Crippen LogP contribution in [-0.2, 0) is 17.9 Å². The van der Waals surface area contributed by atoms with E-state index in [1.54, 1.807) is 48.5 Å². The van der Waals surface area contributed by atoms with Gasteiger partial charge in [-0.2, -0.15) is 5.26 Å². The number of nitrogens with zero attached hydrogens (tertiary/aromatic N) is 3. The molecule has 2 heterocycles. The molecule has 0 fully saturated rings. The van der Waals surface area contributed by atoms with Gasteiger partial charge in [0.05, 0.1) is 18.2 Å². The van der Waals surface area contributed by atoms with E-state index in [4.69, 9.17) is 9.68 Å². The molecule has 29 heavy (non-hydrogen) atoms. The number of hydrogen-bond donors (Lipinski definition) is 1. The van der Waals surface area contributed by atoms with Crippen molar-refractivity contribution in [3.63, 3.8) is 0 Å². The molecule has 0 aliphatic carbocycles.